The van der Waals surface area contributed by atoms with Crippen molar-refractivity contribution in [3.63, 3.8) is 0 Å². The van der Waals surface area contributed by atoms with Crippen LogP contribution in [0.4, 0.5) is 13.2 Å². The number of ether oxygens (including phenoxy) is 1. The standard InChI is InChI=1S/C10H12F3NO2/c1-14-4-6(15)8-9(12)5(11)3-7(16-2)10(8)13/h3,6,14-15H,4H2,1-2H3. The van der Waals surface area contributed by atoms with E-state index in [1.165, 1.54) is 7.05 Å². The van der Waals surface area contributed by atoms with Crippen molar-refractivity contribution in [3.8, 4) is 5.75 Å². The fourth-order valence-corrected chi connectivity index (χ4v) is 1.34. The van der Waals surface area contributed by atoms with Gasteiger partial charge in [0.15, 0.2) is 23.2 Å². The Morgan fingerprint density at radius 2 is 2.00 bits per heavy atom. The van der Waals surface area contributed by atoms with E-state index in [1.54, 1.807) is 0 Å². The Labute approximate surface area is 90.8 Å². The van der Waals surface area contributed by atoms with Crippen LogP contribution >= 0.6 is 0 Å². The molecule has 2 N–H and O–H groups in total. The van der Waals surface area contributed by atoms with E-state index in [-0.39, 0.29) is 6.54 Å². The van der Waals surface area contributed by atoms with Gasteiger partial charge in [-0.25, -0.2) is 13.2 Å². The molecule has 1 rings (SSSR count). The number of benzene rings is 1. The molecule has 0 aliphatic rings. The molecule has 0 bridgehead atoms. The van der Waals surface area contributed by atoms with Gasteiger partial charge in [0.2, 0.25) is 0 Å². The number of aliphatic hydroxyl groups is 1. The van der Waals surface area contributed by atoms with Gasteiger partial charge >= 0.3 is 0 Å². The summed E-state index contributed by atoms with van der Waals surface area (Å²) in [5, 5.41) is 12.0. The molecule has 1 aromatic carbocycles. The average Bonchev–Trinajstić information content (AvgIpc) is 2.24. The minimum Gasteiger partial charge on any atom is -0.494 e. The monoisotopic (exact) mass is 235 g/mol. The van der Waals surface area contributed by atoms with Crippen molar-refractivity contribution >= 4 is 0 Å². The van der Waals surface area contributed by atoms with Crippen LogP contribution in [-0.4, -0.2) is 25.8 Å². The van der Waals surface area contributed by atoms with E-state index in [9.17, 15) is 18.3 Å². The van der Waals surface area contributed by atoms with Crippen LogP contribution in [-0.2, 0) is 0 Å². The third-order valence-corrected chi connectivity index (χ3v) is 2.11. The Morgan fingerprint density at radius 1 is 1.38 bits per heavy atom. The Kier molecular flexibility index (Phi) is 4.14. The number of nitrogens with one attached hydrogen (secondary N) is 1. The number of rotatable bonds is 4. The molecule has 1 atom stereocenters. The van der Waals surface area contributed by atoms with Crippen LogP contribution in [0.5, 0.6) is 5.75 Å². The SMILES string of the molecule is CNCC(O)c1c(F)c(F)cc(OC)c1F. The quantitative estimate of drug-likeness (QED) is 0.774. The first-order chi connectivity index (χ1) is 7.52. The van der Waals surface area contributed by atoms with E-state index in [1.807, 2.05) is 0 Å². The van der Waals surface area contributed by atoms with Crippen LogP contribution < -0.4 is 10.1 Å². The van der Waals surface area contributed by atoms with Crippen LogP contribution in [0, 0.1) is 17.5 Å². The molecule has 0 aliphatic heterocycles. The summed E-state index contributed by atoms with van der Waals surface area (Å²) >= 11 is 0. The molecule has 6 heteroatoms. The lowest BCUT2D eigenvalue weighted by Gasteiger charge is -2.14. The van der Waals surface area contributed by atoms with Crippen LogP contribution in [0.25, 0.3) is 0 Å². The van der Waals surface area contributed by atoms with E-state index in [2.05, 4.69) is 10.1 Å². The lowest BCUT2D eigenvalue weighted by Crippen LogP contribution is -2.19. The lowest BCUT2D eigenvalue weighted by molar-refractivity contribution is 0.165. The molecule has 0 aliphatic carbocycles. The number of hydrogen-bond acceptors (Lipinski definition) is 3. The highest BCUT2D eigenvalue weighted by molar-refractivity contribution is 5.34. The van der Waals surface area contributed by atoms with Crippen molar-refractivity contribution in [3.05, 3.63) is 29.1 Å². The van der Waals surface area contributed by atoms with Gasteiger partial charge < -0.3 is 15.2 Å². The van der Waals surface area contributed by atoms with Crippen LogP contribution in [0.15, 0.2) is 6.07 Å². The maximum Gasteiger partial charge on any atom is 0.174 e. The van der Waals surface area contributed by atoms with E-state index >= 15 is 0 Å². The second-order valence-corrected chi connectivity index (χ2v) is 3.18. The highest BCUT2D eigenvalue weighted by Gasteiger charge is 2.24. The molecule has 0 saturated carbocycles. The van der Waals surface area contributed by atoms with Crippen LogP contribution in [0.3, 0.4) is 0 Å². The van der Waals surface area contributed by atoms with Gasteiger partial charge in [0.1, 0.15) is 0 Å². The van der Waals surface area contributed by atoms with E-state index < -0.39 is 34.9 Å². The van der Waals surface area contributed by atoms with Crippen molar-refractivity contribution in [2.75, 3.05) is 20.7 Å². The smallest absolute Gasteiger partial charge is 0.174 e. The van der Waals surface area contributed by atoms with E-state index in [4.69, 9.17) is 0 Å². The summed E-state index contributed by atoms with van der Waals surface area (Å²) in [7, 11) is 2.62. The highest BCUT2D eigenvalue weighted by atomic mass is 19.2. The molecule has 0 heterocycles. The third-order valence-electron chi connectivity index (χ3n) is 2.11. The largest absolute Gasteiger partial charge is 0.494 e. The fraction of sp³-hybridized carbons (Fsp3) is 0.400. The second kappa shape index (κ2) is 5.18. The summed E-state index contributed by atoms with van der Waals surface area (Å²) in [5.74, 6) is -4.20. The Hall–Kier alpha value is -1.27. The van der Waals surface area contributed by atoms with Crippen molar-refractivity contribution in [1.82, 2.24) is 5.32 Å². The molecule has 90 valence electrons. The molecule has 1 unspecified atom stereocenters. The van der Waals surface area contributed by atoms with Gasteiger partial charge in [-0.15, -0.1) is 0 Å². The summed E-state index contributed by atoms with van der Waals surface area (Å²) in [4.78, 5) is 0. The molecule has 1 aromatic rings. The molecule has 3 nitrogen and oxygen atoms in total. The van der Waals surface area contributed by atoms with Crippen molar-refractivity contribution in [2.45, 2.75) is 6.10 Å². The first-order valence-electron chi connectivity index (χ1n) is 4.57. The second-order valence-electron chi connectivity index (χ2n) is 3.18. The number of aliphatic hydroxyl groups excluding tert-OH is 1. The van der Waals surface area contributed by atoms with Gasteiger partial charge in [-0.05, 0) is 7.05 Å². The topological polar surface area (TPSA) is 41.5 Å². The lowest BCUT2D eigenvalue weighted by atomic mass is 10.1. The molecule has 16 heavy (non-hydrogen) atoms. The number of halogens is 3. The minimum atomic E-state index is -1.48. The normalized spacial score (nSPS) is 12.6. The highest BCUT2D eigenvalue weighted by Crippen LogP contribution is 2.29. The van der Waals surface area contributed by atoms with Gasteiger partial charge in [-0.1, -0.05) is 0 Å². The van der Waals surface area contributed by atoms with Gasteiger partial charge in [0, 0.05) is 12.6 Å². The Morgan fingerprint density at radius 3 is 2.50 bits per heavy atom. The number of likely N-dealkylation sites (N-methyl/N-ethyl adjacent to an activating group) is 1. The van der Waals surface area contributed by atoms with Gasteiger partial charge in [0.25, 0.3) is 0 Å². The summed E-state index contributed by atoms with van der Waals surface area (Å²) in [6.45, 7) is -0.0968. The van der Waals surface area contributed by atoms with Crippen molar-refractivity contribution < 1.29 is 23.0 Å². The van der Waals surface area contributed by atoms with E-state index in [0.717, 1.165) is 7.11 Å². The minimum absolute atomic E-state index is 0.0968. The number of hydrogen-bond donors (Lipinski definition) is 2. The molecule has 0 fully saturated rings. The van der Waals surface area contributed by atoms with Gasteiger partial charge in [-0.3, -0.25) is 0 Å². The Bertz CT molecular complexity index is 385. The zero-order valence-corrected chi connectivity index (χ0v) is 8.85. The van der Waals surface area contributed by atoms with Crippen molar-refractivity contribution in [2.24, 2.45) is 0 Å². The zero-order chi connectivity index (χ0) is 12.3. The molecule has 0 saturated heterocycles. The van der Waals surface area contributed by atoms with Crippen molar-refractivity contribution in [1.29, 1.82) is 0 Å². The first-order valence-corrected chi connectivity index (χ1v) is 4.57. The van der Waals surface area contributed by atoms with E-state index in [0.29, 0.717) is 6.07 Å². The maximum atomic E-state index is 13.6. The predicted octanol–water partition coefficient (Wildman–Crippen LogP) is 1.37. The average molecular weight is 235 g/mol. The molecular formula is C10H12F3NO2. The summed E-state index contributed by atoms with van der Waals surface area (Å²) in [6, 6.07) is 0.597. The molecule has 0 aromatic heterocycles. The molecule has 0 amide bonds. The fourth-order valence-electron chi connectivity index (χ4n) is 1.34. The Balaban J connectivity index is 3.29. The summed E-state index contributed by atoms with van der Waals surface area (Å²) < 4.78 is 44.5. The van der Waals surface area contributed by atoms with Gasteiger partial charge in [0.05, 0.1) is 18.8 Å². The first kappa shape index (κ1) is 12.8. The van der Waals surface area contributed by atoms with Gasteiger partial charge in [-0.2, -0.15) is 0 Å². The zero-order valence-electron chi connectivity index (χ0n) is 8.85. The molecule has 0 spiro atoms. The maximum absolute atomic E-state index is 13.6. The predicted molar refractivity (Wildman–Crippen MR) is 51.8 cm³/mol. The molecule has 0 radical (unpaired) electrons. The summed E-state index contributed by atoms with van der Waals surface area (Å²) in [5.41, 5.74) is -0.730. The summed E-state index contributed by atoms with van der Waals surface area (Å²) in [6.07, 6.45) is -1.48. The van der Waals surface area contributed by atoms with Crippen LogP contribution in [0.2, 0.25) is 0 Å². The molecular weight excluding hydrogens is 223 g/mol. The third kappa shape index (κ3) is 2.28. The van der Waals surface area contributed by atoms with Crippen LogP contribution in [0.1, 0.15) is 11.7 Å². The number of methoxy groups -OCH3 is 1.